The first kappa shape index (κ1) is 19.2. The van der Waals surface area contributed by atoms with Crippen LogP contribution in [-0.4, -0.2) is 25.6 Å². The number of benzene rings is 1. The Morgan fingerprint density at radius 2 is 2.09 bits per heavy atom. The molecular weight excluding hydrogens is 323 g/mol. The first-order valence-corrected chi connectivity index (χ1v) is 7.79. The third kappa shape index (κ3) is 5.43. The SMILES string of the molecule is COC(CNC(=O)C1CCCC(N)C1)c1ccc(Cl)cc1.Cl. The number of hydrogen-bond acceptors (Lipinski definition) is 3. The van der Waals surface area contributed by atoms with Crippen molar-refractivity contribution in [1.82, 2.24) is 5.32 Å². The van der Waals surface area contributed by atoms with Crippen molar-refractivity contribution in [3.8, 4) is 0 Å². The third-order valence-corrected chi connectivity index (χ3v) is 4.33. The van der Waals surface area contributed by atoms with Crippen molar-refractivity contribution >= 4 is 29.9 Å². The van der Waals surface area contributed by atoms with Gasteiger partial charge in [-0.3, -0.25) is 4.79 Å². The molecule has 1 aliphatic carbocycles. The molecule has 1 saturated carbocycles. The van der Waals surface area contributed by atoms with E-state index in [4.69, 9.17) is 22.1 Å². The summed E-state index contributed by atoms with van der Waals surface area (Å²) in [7, 11) is 1.64. The molecule has 2 rings (SSSR count). The van der Waals surface area contributed by atoms with Crippen LogP contribution in [0, 0.1) is 5.92 Å². The molecule has 3 unspecified atom stereocenters. The molecule has 6 heteroatoms. The van der Waals surface area contributed by atoms with E-state index >= 15 is 0 Å². The van der Waals surface area contributed by atoms with Crippen LogP contribution >= 0.6 is 24.0 Å². The van der Waals surface area contributed by atoms with Crippen molar-refractivity contribution < 1.29 is 9.53 Å². The zero-order valence-electron chi connectivity index (χ0n) is 12.8. The van der Waals surface area contributed by atoms with Crippen LogP contribution in [0.15, 0.2) is 24.3 Å². The summed E-state index contributed by atoms with van der Waals surface area (Å²) in [5.41, 5.74) is 6.94. The van der Waals surface area contributed by atoms with Crippen LogP contribution in [0.25, 0.3) is 0 Å². The minimum Gasteiger partial charge on any atom is -0.375 e. The Morgan fingerprint density at radius 1 is 1.41 bits per heavy atom. The summed E-state index contributed by atoms with van der Waals surface area (Å²) < 4.78 is 5.45. The summed E-state index contributed by atoms with van der Waals surface area (Å²) in [6.07, 6.45) is 3.60. The van der Waals surface area contributed by atoms with Crippen molar-refractivity contribution in [2.75, 3.05) is 13.7 Å². The summed E-state index contributed by atoms with van der Waals surface area (Å²) in [5.74, 6) is 0.123. The second-order valence-corrected chi connectivity index (χ2v) is 6.08. The fourth-order valence-corrected chi connectivity index (χ4v) is 2.94. The molecule has 0 bridgehead atoms. The van der Waals surface area contributed by atoms with E-state index in [0.717, 1.165) is 31.2 Å². The summed E-state index contributed by atoms with van der Waals surface area (Å²) in [4.78, 5) is 12.2. The highest BCUT2D eigenvalue weighted by Crippen LogP contribution is 2.24. The molecular formula is C16H24Cl2N2O2. The van der Waals surface area contributed by atoms with Gasteiger partial charge in [0.15, 0.2) is 0 Å². The maximum Gasteiger partial charge on any atom is 0.223 e. The first-order valence-electron chi connectivity index (χ1n) is 7.41. The lowest BCUT2D eigenvalue weighted by Crippen LogP contribution is -2.39. The zero-order chi connectivity index (χ0) is 15.2. The molecule has 1 amide bonds. The lowest BCUT2D eigenvalue weighted by atomic mass is 9.85. The van der Waals surface area contributed by atoms with E-state index in [1.165, 1.54) is 0 Å². The molecule has 1 aliphatic rings. The van der Waals surface area contributed by atoms with Crippen LogP contribution in [0.5, 0.6) is 0 Å². The molecule has 3 N–H and O–H groups in total. The highest BCUT2D eigenvalue weighted by molar-refractivity contribution is 6.30. The molecule has 0 aromatic heterocycles. The van der Waals surface area contributed by atoms with Gasteiger partial charge in [0, 0.05) is 30.6 Å². The Bertz CT molecular complexity index is 468. The number of rotatable bonds is 5. The highest BCUT2D eigenvalue weighted by Gasteiger charge is 2.25. The lowest BCUT2D eigenvalue weighted by molar-refractivity contribution is -0.126. The van der Waals surface area contributed by atoms with Crippen molar-refractivity contribution in [3.63, 3.8) is 0 Å². The van der Waals surface area contributed by atoms with Gasteiger partial charge in [0.25, 0.3) is 0 Å². The number of hydrogen-bond donors (Lipinski definition) is 2. The van der Waals surface area contributed by atoms with Gasteiger partial charge < -0.3 is 15.8 Å². The number of amides is 1. The lowest BCUT2D eigenvalue weighted by Gasteiger charge is -2.26. The highest BCUT2D eigenvalue weighted by atomic mass is 35.5. The molecule has 0 aliphatic heterocycles. The molecule has 0 saturated heterocycles. The zero-order valence-corrected chi connectivity index (χ0v) is 14.3. The van der Waals surface area contributed by atoms with Crippen LogP contribution < -0.4 is 11.1 Å². The molecule has 1 fully saturated rings. The van der Waals surface area contributed by atoms with Gasteiger partial charge in [-0.25, -0.2) is 0 Å². The number of halogens is 2. The number of ether oxygens (including phenoxy) is 1. The molecule has 0 radical (unpaired) electrons. The van der Waals surface area contributed by atoms with E-state index in [2.05, 4.69) is 5.32 Å². The number of carbonyl (C=O) groups excluding carboxylic acids is 1. The maximum atomic E-state index is 12.2. The van der Waals surface area contributed by atoms with Gasteiger partial charge in [-0.05, 0) is 37.0 Å². The van der Waals surface area contributed by atoms with Crippen LogP contribution in [0.3, 0.4) is 0 Å². The van der Waals surface area contributed by atoms with Gasteiger partial charge in [-0.1, -0.05) is 30.2 Å². The minimum absolute atomic E-state index is 0. The quantitative estimate of drug-likeness (QED) is 0.860. The summed E-state index contributed by atoms with van der Waals surface area (Å²) in [6.45, 7) is 0.461. The van der Waals surface area contributed by atoms with Crippen LogP contribution in [0.4, 0.5) is 0 Å². The maximum absolute atomic E-state index is 12.2. The predicted octanol–water partition coefficient (Wildman–Crippen LogP) is 3.08. The van der Waals surface area contributed by atoms with Crippen molar-refractivity contribution in [2.24, 2.45) is 11.7 Å². The van der Waals surface area contributed by atoms with E-state index in [1.54, 1.807) is 7.11 Å². The van der Waals surface area contributed by atoms with Crippen LogP contribution in [-0.2, 0) is 9.53 Å². The Balaban J connectivity index is 0.00000242. The largest absolute Gasteiger partial charge is 0.375 e. The Kier molecular flexibility index (Phi) is 8.18. The molecule has 22 heavy (non-hydrogen) atoms. The summed E-state index contributed by atoms with van der Waals surface area (Å²) in [6, 6.07) is 7.64. The number of carbonyl (C=O) groups is 1. The topological polar surface area (TPSA) is 64.3 Å². The number of nitrogens with one attached hydrogen (secondary N) is 1. The van der Waals surface area contributed by atoms with E-state index in [9.17, 15) is 4.79 Å². The van der Waals surface area contributed by atoms with E-state index in [-0.39, 0.29) is 36.4 Å². The average molecular weight is 347 g/mol. The van der Waals surface area contributed by atoms with Gasteiger partial charge >= 0.3 is 0 Å². The molecule has 0 spiro atoms. The molecule has 3 atom stereocenters. The van der Waals surface area contributed by atoms with E-state index < -0.39 is 0 Å². The van der Waals surface area contributed by atoms with Gasteiger partial charge in [0.1, 0.15) is 0 Å². The minimum atomic E-state index is -0.163. The second-order valence-electron chi connectivity index (χ2n) is 5.64. The Labute approximate surface area is 143 Å². The molecule has 1 aromatic carbocycles. The predicted molar refractivity (Wildman–Crippen MR) is 91.4 cm³/mol. The Morgan fingerprint density at radius 3 is 2.68 bits per heavy atom. The molecule has 0 heterocycles. The first-order chi connectivity index (χ1) is 10.1. The number of methoxy groups -OCH3 is 1. The molecule has 4 nitrogen and oxygen atoms in total. The fourth-order valence-electron chi connectivity index (χ4n) is 2.82. The van der Waals surface area contributed by atoms with Gasteiger partial charge in [0.2, 0.25) is 5.91 Å². The van der Waals surface area contributed by atoms with E-state index in [0.29, 0.717) is 11.6 Å². The Hall–Kier alpha value is -0.810. The summed E-state index contributed by atoms with van der Waals surface area (Å²) in [5, 5.41) is 3.67. The molecule has 1 aromatic rings. The number of nitrogens with two attached hydrogens (primary N) is 1. The summed E-state index contributed by atoms with van der Waals surface area (Å²) >= 11 is 5.88. The van der Waals surface area contributed by atoms with Gasteiger partial charge in [0.05, 0.1) is 6.10 Å². The third-order valence-electron chi connectivity index (χ3n) is 4.07. The van der Waals surface area contributed by atoms with Crippen molar-refractivity contribution in [1.29, 1.82) is 0 Å². The smallest absolute Gasteiger partial charge is 0.223 e. The normalized spacial score (nSPS) is 22.5. The van der Waals surface area contributed by atoms with Crippen LogP contribution in [0.2, 0.25) is 5.02 Å². The molecule has 124 valence electrons. The van der Waals surface area contributed by atoms with Gasteiger partial charge in [-0.2, -0.15) is 0 Å². The van der Waals surface area contributed by atoms with E-state index in [1.807, 2.05) is 24.3 Å². The standard InChI is InChI=1S/C16H23ClN2O2.ClH/c1-21-15(11-5-7-13(17)8-6-11)10-19-16(20)12-3-2-4-14(18)9-12;/h5-8,12,14-15H,2-4,9-10,18H2,1H3,(H,19,20);1H. The average Bonchev–Trinajstić information content (AvgIpc) is 2.49. The van der Waals surface area contributed by atoms with Crippen molar-refractivity contribution in [2.45, 2.75) is 37.8 Å². The fraction of sp³-hybridized carbons (Fsp3) is 0.562. The van der Waals surface area contributed by atoms with Gasteiger partial charge in [-0.15, -0.1) is 12.4 Å². The second kappa shape index (κ2) is 9.36. The van der Waals surface area contributed by atoms with Crippen molar-refractivity contribution in [3.05, 3.63) is 34.9 Å². The van der Waals surface area contributed by atoms with Crippen LogP contribution in [0.1, 0.15) is 37.4 Å². The monoisotopic (exact) mass is 346 g/mol.